The number of aromatic nitrogens is 1. The molecule has 0 saturated heterocycles. The lowest BCUT2D eigenvalue weighted by Crippen LogP contribution is -2.26. The molecule has 2 aromatic rings. The zero-order valence-corrected chi connectivity index (χ0v) is 13.2. The highest BCUT2D eigenvalue weighted by atomic mass is 32.1. The van der Waals surface area contributed by atoms with Crippen LogP contribution >= 0.6 is 11.3 Å². The Morgan fingerprint density at radius 3 is 2.76 bits per heavy atom. The van der Waals surface area contributed by atoms with Crippen LogP contribution in [0.25, 0.3) is 0 Å². The predicted octanol–water partition coefficient (Wildman–Crippen LogP) is 3.80. The van der Waals surface area contributed by atoms with Crippen LogP contribution in [0, 0.1) is 0 Å². The Morgan fingerprint density at radius 2 is 2.10 bits per heavy atom. The maximum absolute atomic E-state index is 10.3. The Labute approximate surface area is 130 Å². The van der Waals surface area contributed by atoms with Gasteiger partial charge in [-0.1, -0.05) is 37.3 Å². The summed E-state index contributed by atoms with van der Waals surface area (Å²) in [5, 5.41) is 13.5. The second-order valence-corrected chi connectivity index (χ2v) is 6.51. The van der Waals surface area contributed by atoms with E-state index in [1.165, 1.54) is 12.8 Å². The van der Waals surface area contributed by atoms with Crippen LogP contribution in [0.1, 0.15) is 43.5 Å². The maximum atomic E-state index is 10.3. The second-order valence-electron chi connectivity index (χ2n) is 5.68. The minimum Gasteiger partial charge on any atom is -0.388 e. The van der Waals surface area contributed by atoms with Crippen molar-refractivity contribution in [3.05, 3.63) is 47.0 Å². The second kappa shape index (κ2) is 6.58. The summed E-state index contributed by atoms with van der Waals surface area (Å²) in [7, 11) is 0. The molecule has 1 saturated carbocycles. The van der Waals surface area contributed by atoms with Gasteiger partial charge < -0.3 is 10.0 Å². The molecule has 1 fully saturated rings. The van der Waals surface area contributed by atoms with Gasteiger partial charge in [-0.3, -0.25) is 0 Å². The number of thiazole rings is 1. The number of benzene rings is 1. The lowest BCUT2D eigenvalue weighted by atomic mass is 10.1. The Hall–Kier alpha value is -1.39. The molecule has 0 amide bonds. The Bertz CT molecular complexity index is 565. The molecule has 112 valence electrons. The van der Waals surface area contributed by atoms with E-state index in [-0.39, 0.29) is 0 Å². The number of hydrogen-bond acceptors (Lipinski definition) is 4. The van der Waals surface area contributed by atoms with Gasteiger partial charge in [0.15, 0.2) is 5.13 Å². The van der Waals surface area contributed by atoms with Crippen molar-refractivity contribution in [1.29, 1.82) is 0 Å². The lowest BCUT2D eigenvalue weighted by molar-refractivity contribution is 0.177. The van der Waals surface area contributed by atoms with E-state index in [1.807, 2.05) is 30.3 Å². The first-order chi connectivity index (χ1) is 10.3. The molecule has 3 rings (SSSR count). The molecule has 0 radical (unpaired) electrons. The molecule has 1 atom stereocenters. The third kappa shape index (κ3) is 3.63. The van der Waals surface area contributed by atoms with Crippen LogP contribution in [0.5, 0.6) is 0 Å². The van der Waals surface area contributed by atoms with E-state index in [1.54, 1.807) is 11.3 Å². The quantitative estimate of drug-likeness (QED) is 0.845. The number of rotatable bonds is 7. The van der Waals surface area contributed by atoms with E-state index in [4.69, 9.17) is 4.98 Å². The summed E-state index contributed by atoms with van der Waals surface area (Å²) in [6.07, 6.45) is 3.86. The van der Waals surface area contributed by atoms with E-state index >= 15 is 0 Å². The molecule has 0 aliphatic heterocycles. The number of aliphatic hydroxyl groups excluding tert-OH is 1. The summed E-state index contributed by atoms with van der Waals surface area (Å²) in [4.78, 5) is 7.17. The van der Waals surface area contributed by atoms with Crippen LogP contribution in [0.2, 0.25) is 0 Å². The highest BCUT2D eigenvalue weighted by molar-refractivity contribution is 7.13. The van der Waals surface area contributed by atoms with Crippen molar-refractivity contribution in [2.24, 2.45) is 0 Å². The van der Waals surface area contributed by atoms with Gasteiger partial charge in [-0.2, -0.15) is 0 Å². The first-order valence-electron chi connectivity index (χ1n) is 7.72. The Balaban J connectivity index is 1.67. The average Bonchev–Trinajstić information content (AvgIpc) is 3.25. The van der Waals surface area contributed by atoms with E-state index in [2.05, 4.69) is 17.2 Å². The van der Waals surface area contributed by atoms with E-state index in [0.717, 1.165) is 29.4 Å². The standard InChI is InChI=1S/C17H22N2OS/c1-2-10-19(15-8-9-15)17-18-14(12-21-17)11-16(20)13-6-4-3-5-7-13/h3-7,12,15-16,20H,2,8-11H2,1H3. The first-order valence-corrected chi connectivity index (χ1v) is 8.60. The third-order valence-corrected chi connectivity index (χ3v) is 4.75. The SMILES string of the molecule is CCCN(c1nc(CC(O)c2ccccc2)cs1)C1CC1. The Morgan fingerprint density at radius 1 is 1.33 bits per heavy atom. The molecule has 21 heavy (non-hydrogen) atoms. The van der Waals surface area contributed by atoms with Crippen LogP contribution in [0.15, 0.2) is 35.7 Å². The molecule has 1 aliphatic carbocycles. The van der Waals surface area contributed by atoms with Gasteiger partial charge in [0.2, 0.25) is 0 Å². The van der Waals surface area contributed by atoms with Gasteiger partial charge in [-0.05, 0) is 24.8 Å². The fraction of sp³-hybridized carbons (Fsp3) is 0.471. The summed E-state index contributed by atoms with van der Waals surface area (Å²) in [5.74, 6) is 0. The monoisotopic (exact) mass is 302 g/mol. The number of aliphatic hydroxyl groups is 1. The summed E-state index contributed by atoms with van der Waals surface area (Å²) in [6.45, 7) is 3.29. The maximum Gasteiger partial charge on any atom is 0.185 e. The molecule has 1 N–H and O–H groups in total. The molecule has 1 unspecified atom stereocenters. The van der Waals surface area contributed by atoms with Gasteiger partial charge in [-0.15, -0.1) is 11.3 Å². The molecule has 1 aromatic carbocycles. The summed E-state index contributed by atoms with van der Waals surface area (Å²) < 4.78 is 0. The van der Waals surface area contributed by atoms with Gasteiger partial charge in [0.1, 0.15) is 0 Å². The lowest BCUT2D eigenvalue weighted by Gasteiger charge is -2.20. The molecule has 1 aromatic heterocycles. The minimum absolute atomic E-state index is 0.471. The fourth-order valence-electron chi connectivity index (χ4n) is 2.57. The first kappa shape index (κ1) is 14.5. The van der Waals surface area contributed by atoms with Gasteiger partial charge in [-0.25, -0.2) is 4.98 Å². The minimum atomic E-state index is -0.471. The zero-order valence-electron chi connectivity index (χ0n) is 12.4. The van der Waals surface area contributed by atoms with Gasteiger partial charge in [0, 0.05) is 24.4 Å². The van der Waals surface area contributed by atoms with Crippen molar-refractivity contribution in [2.75, 3.05) is 11.4 Å². The normalized spacial score (nSPS) is 15.9. The van der Waals surface area contributed by atoms with Crippen LogP contribution in [-0.4, -0.2) is 22.7 Å². The molecule has 3 nitrogen and oxygen atoms in total. The van der Waals surface area contributed by atoms with Crippen molar-refractivity contribution in [3.8, 4) is 0 Å². The molecule has 1 aliphatic rings. The summed E-state index contributed by atoms with van der Waals surface area (Å²) in [6, 6.07) is 10.5. The summed E-state index contributed by atoms with van der Waals surface area (Å²) >= 11 is 1.71. The van der Waals surface area contributed by atoms with E-state index < -0.39 is 6.10 Å². The number of anilines is 1. The van der Waals surface area contributed by atoms with E-state index in [0.29, 0.717) is 12.5 Å². The van der Waals surface area contributed by atoms with Crippen molar-refractivity contribution < 1.29 is 5.11 Å². The van der Waals surface area contributed by atoms with Crippen LogP contribution in [0.3, 0.4) is 0 Å². The van der Waals surface area contributed by atoms with Crippen molar-refractivity contribution in [2.45, 2.75) is 44.8 Å². The molecule has 0 spiro atoms. The topological polar surface area (TPSA) is 36.4 Å². The molecule has 1 heterocycles. The molecular formula is C17H22N2OS. The molecule has 4 heteroatoms. The van der Waals surface area contributed by atoms with Gasteiger partial charge in [0.25, 0.3) is 0 Å². The third-order valence-electron chi connectivity index (χ3n) is 3.82. The van der Waals surface area contributed by atoms with Crippen molar-refractivity contribution >= 4 is 16.5 Å². The van der Waals surface area contributed by atoms with Crippen molar-refractivity contribution in [3.63, 3.8) is 0 Å². The highest BCUT2D eigenvalue weighted by Crippen LogP contribution is 2.34. The van der Waals surface area contributed by atoms with E-state index in [9.17, 15) is 5.11 Å². The average molecular weight is 302 g/mol. The van der Waals surface area contributed by atoms with Gasteiger partial charge >= 0.3 is 0 Å². The largest absolute Gasteiger partial charge is 0.388 e. The highest BCUT2D eigenvalue weighted by Gasteiger charge is 2.30. The number of hydrogen-bond donors (Lipinski definition) is 1. The van der Waals surface area contributed by atoms with Crippen molar-refractivity contribution in [1.82, 2.24) is 4.98 Å². The molecular weight excluding hydrogens is 280 g/mol. The predicted molar refractivity (Wildman–Crippen MR) is 87.9 cm³/mol. The fourth-order valence-corrected chi connectivity index (χ4v) is 3.51. The Kier molecular flexibility index (Phi) is 4.56. The van der Waals surface area contributed by atoms with Crippen LogP contribution in [0.4, 0.5) is 5.13 Å². The molecule has 0 bridgehead atoms. The van der Waals surface area contributed by atoms with Crippen LogP contribution in [-0.2, 0) is 6.42 Å². The zero-order chi connectivity index (χ0) is 14.7. The smallest absolute Gasteiger partial charge is 0.185 e. The van der Waals surface area contributed by atoms with Crippen LogP contribution < -0.4 is 4.90 Å². The van der Waals surface area contributed by atoms with Gasteiger partial charge in [0.05, 0.1) is 11.8 Å². The summed E-state index contributed by atoms with van der Waals surface area (Å²) in [5.41, 5.74) is 1.95. The number of nitrogens with zero attached hydrogens (tertiary/aromatic N) is 2.